The molecule has 0 aliphatic heterocycles. The van der Waals surface area contributed by atoms with E-state index in [0.29, 0.717) is 16.9 Å². The lowest BCUT2D eigenvalue weighted by Gasteiger charge is -2.12. The molecule has 0 aliphatic carbocycles. The third-order valence-electron chi connectivity index (χ3n) is 5.81. The standard InChI is InChI=1S/C30H23N5O7S/c36-28(31-22-10-14-24(15-11-22)34(39)40)19-43-25-16-12-23(13-17-25)32-30(38)26(33-29(37)20-6-2-1-3-7-20)18-21-8-4-5-9-27(21)35(41)42/h1-18H,19H2,(H,31,36)(H,32,38)(H,33,37)/b26-18-. The molecule has 4 aromatic rings. The van der Waals surface area contributed by atoms with Gasteiger partial charge in [-0.3, -0.25) is 34.6 Å². The van der Waals surface area contributed by atoms with Crippen LogP contribution in [0.1, 0.15) is 15.9 Å². The summed E-state index contributed by atoms with van der Waals surface area (Å²) in [4.78, 5) is 60.2. The highest BCUT2D eigenvalue weighted by Gasteiger charge is 2.18. The Hall–Kier alpha value is -5.82. The Morgan fingerprint density at radius 3 is 1.98 bits per heavy atom. The van der Waals surface area contributed by atoms with Gasteiger partial charge in [-0.15, -0.1) is 11.8 Å². The number of nitro benzene ring substituents is 2. The zero-order valence-corrected chi connectivity index (χ0v) is 23.1. The summed E-state index contributed by atoms with van der Waals surface area (Å²) in [6.45, 7) is 0. The second-order valence-corrected chi connectivity index (χ2v) is 9.86. The number of carbonyl (C=O) groups is 3. The highest BCUT2D eigenvalue weighted by molar-refractivity contribution is 8.00. The highest BCUT2D eigenvalue weighted by atomic mass is 32.2. The first kappa shape index (κ1) is 30.1. The van der Waals surface area contributed by atoms with Gasteiger partial charge in [0.05, 0.1) is 21.2 Å². The van der Waals surface area contributed by atoms with Gasteiger partial charge in [0.15, 0.2) is 0 Å². The summed E-state index contributed by atoms with van der Waals surface area (Å²) >= 11 is 1.24. The van der Waals surface area contributed by atoms with Crippen LogP contribution in [0.2, 0.25) is 0 Å². The van der Waals surface area contributed by atoms with Gasteiger partial charge in [-0.05, 0) is 60.7 Å². The predicted molar refractivity (Wildman–Crippen MR) is 163 cm³/mol. The van der Waals surface area contributed by atoms with E-state index < -0.39 is 21.7 Å². The minimum absolute atomic E-state index is 0.0664. The number of non-ortho nitro benzene ring substituents is 1. The van der Waals surface area contributed by atoms with Crippen LogP contribution in [0.5, 0.6) is 0 Å². The number of thioether (sulfide) groups is 1. The Labute approximate surface area is 249 Å². The molecule has 4 rings (SSSR count). The van der Waals surface area contributed by atoms with Gasteiger partial charge in [-0.1, -0.05) is 30.3 Å². The molecule has 0 aromatic heterocycles. The highest BCUT2D eigenvalue weighted by Crippen LogP contribution is 2.23. The molecule has 43 heavy (non-hydrogen) atoms. The second kappa shape index (κ2) is 14.2. The van der Waals surface area contributed by atoms with Crippen molar-refractivity contribution in [1.29, 1.82) is 0 Å². The second-order valence-electron chi connectivity index (χ2n) is 8.81. The lowest BCUT2D eigenvalue weighted by atomic mass is 10.1. The van der Waals surface area contributed by atoms with Crippen LogP contribution in [0.3, 0.4) is 0 Å². The number of anilines is 2. The van der Waals surface area contributed by atoms with Crippen molar-refractivity contribution in [2.75, 3.05) is 16.4 Å². The maximum atomic E-state index is 13.2. The van der Waals surface area contributed by atoms with Gasteiger partial charge < -0.3 is 16.0 Å². The van der Waals surface area contributed by atoms with Crippen LogP contribution in [0.15, 0.2) is 114 Å². The van der Waals surface area contributed by atoms with E-state index in [9.17, 15) is 34.6 Å². The maximum Gasteiger partial charge on any atom is 0.276 e. The summed E-state index contributed by atoms with van der Waals surface area (Å²) in [6, 6.07) is 26.1. The number of benzene rings is 4. The molecule has 3 amide bonds. The van der Waals surface area contributed by atoms with E-state index in [1.807, 2.05) is 0 Å². The van der Waals surface area contributed by atoms with Crippen molar-refractivity contribution in [2.24, 2.45) is 0 Å². The Kier molecular flexibility index (Phi) is 9.95. The lowest BCUT2D eigenvalue weighted by molar-refractivity contribution is -0.385. The number of carbonyl (C=O) groups excluding carboxylic acids is 3. The number of rotatable bonds is 11. The molecule has 0 aliphatic rings. The van der Waals surface area contributed by atoms with Crippen molar-refractivity contribution in [2.45, 2.75) is 4.90 Å². The average molecular weight is 598 g/mol. The molecule has 0 saturated carbocycles. The SMILES string of the molecule is O=C(CSc1ccc(NC(=O)/C(=C/c2ccccc2[N+](=O)[O-])NC(=O)c2ccccc2)cc1)Nc1ccc([N+](=O)[O-])cc1. The largest absolute Gasteiger partial charge is 0.325 e. The van der Waals surface area contributed by atoms with E-state index in [1.54, 1.807) is 60.7 Å². The minimum Gasteiger partial charge on any atom is -0.325 e. The van der Waals surface area contributed by atoms with Gasteiger partial charge in [0, 0.05) is 40.0 Å². The monoisotopic (exact) mass is 597 g/mol. The molecule has 0 radical (unpaired) electrons. The van der Waals surface area contributed by atoms with Crippen LogP contribution in [0.4, 0.5) is 22.7 Å². The zero-order valence-electron chi connectivity index (χ0n) is 22.3. The molecule has 13 heteroatoms. The van der Waals surface area contributed by atoms with Crippen LogP contribution < -0.4 is 16.0 Å². The average Bonchev–Trinajstić information content (AvgIpc) is 3.01. The van der Waals surface area contributed by atoms with Gasteiger partial charge in [-0.25, -0.2) is 0 Å². The zero-order chi connectivity index (χ0) is 30.8. The summed E-state index contributed by atoms with van der Waals surface area (Å²) in [5, 5.41) is 30.2. The van der Waals surface area contributed by atoms with Gasteiger partial charge in [0.25, 0.3) is 23.2 Å². The van der Waals surface area contributed by atoms with Crippen molar-refractivity contribution in [3.8, 4) is 0 Å². The van der Waals surface area contributed by atoms with Crippen molar-refractivity contribution in [3.05, 3.63) is 140 Å². The topological polar surface area (TPSA) is 174 Å². The third kappa shape index (κ3) is 8.58. The molecule has 0 bridgehead atoms. The van der Waals surface area contributed by atoms with Gasteiger partial charge in [-0.2, -0.15) is 0 Å². The first-order chi connectivity index (χ1) is 20.7. The fourth-order valence-corrected chi connectivity index (χ4v) is 4.42. The molecule has 3 N–H and O–H groups in total. The van der Waals surface area contributed by atoms with Crippen LogP contribution in [-0.2, 0) is 9.59 Å². The Morgan fingerprint density at radius 2 is 1.33 bits per heavy atom. The van der Waals surface area contributed by atoms with Crippen molar-refractivity contribution < 1.29 is 24.2 Å². The fraction of sp³-hybridized carbons (Fsp3) is 0.0333. The van der Waals surface area contributed by atoms with Gasteiger partial charge in [0.1, 0.15) is 5.70 Å². The number of hydrogen-bond acceptors (Lipinski definition) is 8. The molecule has 216 valence electrons. The van der Waals surface area contributed by atoms with E-state index in [1.165, 1.54) is 60.3 Å². The van der Waals surface area contributed by atoms with Crippen LogP contribution in [0, 0.1) is 20.2 Å². The first-order valence-corrected chi connectivity index (χ1v) is 13.6. The van der Waals surface area contributed by atoms with E-state index in [0.717, 1.165) is 4.90 Å². The number of nitrogens with zero attached hydrogens (tertiary/aromatic N) is 2. The number of hydrogen-bond donors (Lipinski definition) is 3. The molecule has 0 spiro atoms. The van der Waals surface area contributed by atoms with Crippen molar-refractivity contribution >= 4 is 58.3 Å². The molecule has 4 aromatic carbocycles. The molecular weight excluding hydrogens is 574 g/mol. The summed E-state index contributed by atoms with van der Waals surface area (Å²) in [7, 11) is 0. The Morgan fingerprint density at radius 1 is 0.721 bits per heavy atom. The fourth-order valence-electron chi connectivity index (χ4n) is 3.72. The van der Waals surface area contributed by atoms with Crippen LogP contribution in [-0.4, -0.2) is 33.3 Å². The minimum atomic E-state index is -0.703. The first-order valence-electron chi connectivity index (χ1n) is 12.6. The maximum absolute atomic E-state index is 13.2. The smallest absolute Gasteiger partial charge is 0.276 e. The van der Waals surface area contributed by atoms with Crippen LogP contribution >= 0.6 is 11.8 Å². The predicted octanol–water partition coefficient (Wildman–Crippen LogP) is 5.64. The normalized spacial score (nSPS) is 10.8. The molecule has 12 nitrogen and oxygen atoms in total. The summed E-state index contributed by atoms with van der Waals surface area (Å²) in [5.74, 6) is -1.52. The molecule has 0 saturated heterocycles. The third-order valence-corrected chi connectivity index (χ3v) is 6.82. The Balaban J connectivity index is 1.42. The number of nitrogens with one attached hydrogen (secondary N) is 3. The van der Waals surface area contributed by atoms with Gasteiger partial charge in [0.2, 0.25) is 5.91 Å². The lowest BCUT2D eigenvalue weighted by Crippen LogP contribution is -2.30. The Bertz CT molecular complexity index is 1690. The summed E-state index contributed by atoms with van der Waals surface area (Å²) in [5.41, 5.74) is 0.713. The van der Waals surface area contributed by atoms with E-state index >= 15 is 0 Å². The van der Waals surface area contributed by atoms with Crippen molar-refractivity contribution in [1.82, 2.24) is 5.32 Å². The van der Waals surface area contributed by atoms with E-state index in [4.69, 9.17) is 0 Å². The quantitative estimate of drug-likeness (QED) is 0.0861. The molecular formula is C30H23N5O7S. The van der Waals surface area contributed by atoms with Crippen molar-refractivity contribution in [3.63, 3.8) is 0 Å². The van der Waals surface area contributed by atoms with Gasteiger partial charge >= 0.3 is 0 Å². The summed E-state index contributed by atoms with van der Waals surface area (Å²) in [6.07, 6.45) is 1.24. The number of amides is 3. The van der Waals surface area contributed by atoms with Crippen LogP contribution in [0.25, 0.3) is 6.08 Å². The number of para-hydroxylation sites is 1. The summed E-state index contributed by atoms with van der Waals surface area (Å²) < 4.78 is 0. The number of nitro groups is 2. The molecule has 0 heterocycles. The molecule has 0 unspecified atom stereocenters. The van der Waals surface area contributed by atoms with E-state index in [2.05, 4.69) is 16.0 Å². The molecule has 0 atom stereocenters. The molecule has 0 fully saturated rings. The van der Waals surface area contributed by atoms with E-state index in [-0.39, 0.29) is 34.3 Å².